The van der Waals surface area contributed by atoms with Crippen molar-refractivity contribution in [2.24, 2.45) is 11.7 Å². The molecule has 1 fully saturated rings. The fourth-order valence-electron chi connectivity index (χ4n) is 3.13. The van der Waals surface area contributed by atoms with Crippen molar-refractivity contribution < 1.29 is 4.74 Å². The molecule has 1 spiro atoms. The van der Waals surface area contributed by atoms with Crippen LogP contribution in [0.15, 0.2) is 24.3 Å². The maximum Gasteiger partial charge on any atom is 0.124 e. The van der Waals surface area contributed by atoms with E-state index in [9.17, 15) is 0 Å². The van der Waals surface area contributed by atoms with Gasteiger partial charge in [0.15, 0.2) is 0 Å². The zero-order chi connectivity index (χ0) is 10.5. The van der Waals surface area contributed by atoms with Crippen LogP contribution in [0.4, 0.5) is 0 Å². The van der Waals surface area contributed by atoms with E-state index in [2.05, 4.69) is 13.0 Å². The highest BCUT2D eigenvalue weighted by atomic mass is 16.5. The van der Waals surface area contributed by atoms with Crippen LogP contribution in [0.3, 0.4) is 0 Å². The molecule has 3 rings (SSSR count). The number of para-hydroxylation sites is 1. The van der Waals surface area contributed by atoms with Crippen LogP contribution in [0, 0.1) is 5.92 Å². The van der Waals surface area contributed by atoms with Crippen LogP contribution < -0.4 is 10.5 Å². The summed E-state index contributed by atoms with van der Waals surface area (Å²) in [5.74, 6) is 1.80. The first kappa shape index (κ1) is 9.22. The van der Waals surface area contributed by atoms with Gasteiger partial charge in [0.2, 0.25) is 0 Å². The molecule has 2 nitrogen and oxygen atoms in total. The van der Waals surface area contributed by atoms with Gasteiger partial charge >= 0.3 is 0 Å². The Morgan fingerprint density at radius 1 is 1.27 bits per heavy atom. The van der Waals surface area contributed by atoms with Crippen molar-refractivity contribution in [1.82, 2.24) is 0 Å². The molecule has 1 saturated carbocycles. The van der Waals surface area contributed by atoms with Gasteiger partial charge in [0, 0.05) is 18.0 Å². The zero-order valence-corrected chi connectivity index (χ0v) is 9.07. The lowest BCUT2D eigenvalue weighted by Gasteiger charge is -2.50. The average Bonchev–Trinajstić information content (AvgIpc) is 2.16. The van der Waals surface area contributed by atoms with E-state index in [-0.39, 0.29) is 11.6 Å². The quantitative estimate of drug-likeness (QED) is 0.703. The monoisotopic (exact) mass is 203 g/mol. The third kappa shape index (κ3) is 1.36. The lowest BCUT2D eigenvalue weighted by atomic mass is 9.67. The summed E-state index contributed by atoms with van der Waals surface area (Å²) in [5, 5.41) is 0. The Morgan fingerprint density at radius 3 is 2.73 bits per heavy atom. The number of nitrogens with two attached hydrogens (primary N) is 1. The summed E-state index contributed by atoms with van der Waals surface area (Å²) >= 11 is 0. The first-order valence-electron chi connectivity index (χ1n) is 5.72. The van der Waals surface area contributed by atoms with Crippen molar-refractivity contribution in [3.8, 4) is 5.75 Å². The van der Waals surface area contributed by atoms with Crippen LogP contribution in [0.2, 0.25) is 0 Å². The lowest BCUT2D eigenvalue weighted by Crippen LogP contribution is -2.52. The fourth-order valence-corrected chi connectivity index (χ4v) is 3.13. The molecule has 1 aliphatic heterocycles. The van der Waals surface area contributed by atoms with Gasteiger partial charge in [-0.2, -0.15) is 0 Å². The molecule has 80 valence electrons. The smallest absolute Gasteiger partial charge is 0.124 e. The van der Waals surface area contributed by atoms with Crippen molar-refractivity contribution in [1.29, 1.82) is 0 Å². The zero-order valence-electron chi connectivity index (χ0n) is 9.07. The highest BCUT2D eigenvalue weighted by Crippen LogP contribution is 2.50. The number of hydrogen-bond acceptors (Lipinski definition) is 2. The van der Waals surface area contributed by atoms with Gasteiger partial charge in [0.05, 0.1) is 0 Å². The Kier molecular flexibility index (Phi) is 1.84. The molecule has 1 heterocycles. The molecule has 0 bridgehead atoms. The minimum Gasteiger partial charge on any atom is -0.487 e. The van der Waals surface area contributed by atoms with Crippen LogP contribution in [-0.4, -0.2) is 5.60 Å². The van der Waals surface area contributed by atoms with E-state index >= 15 is 0 Å². The predicted octanol–water partition coefficient (Wildman–Crippen LogP) is 2.64. The van der Waals surface area contributed by atoms with Gasteiger partial charge in [-0.15, -0.1) is 0 Å². The largest absolute Gasteiger partial charge is 0.487 e. The maximum absolute atomic E-state index is 6.20. The molecular weight excluding hydrogens is 186 g/mol. The van der Waals surface area contributed by atoms with Crippen molar-refractivity contribution in [2.75, 3.05) is 0 Å². The highest BCUT2D eigenvalue weighted by Gasteiger charge is 2.48. The molecule has 2 aliphatic rings. The van der Waals surface area contributed by atoms with E-state index < -0.39 is 0 Å². The van der Waals surface area contributed by atoms with E-state index in [1.165, 1.54) is 5.56 Å². The van der Waals surface area contributed by atoms with Gasteiger partial charge in [-0.25, -0.2) is 0 Å². The second-order valence-corrected chi connectivity index (χ2v) is 5.15. The molecule has 2 N–H and O–H groups in total. The minimum atomic E-state index is 0.0627. The van der Waals surface area contributed by atoms with Gasteiger partial charge in [-0.3, -0.25) is 0 Å². The summed E-state index contributed by atoms with van der Waals surface area (Å²) in [6, 6.07) is 8.33. The summed E-state index contributed by atoms with van der Waals surface area (Å²) in [6.07, 6.45) is 3.30. The Bertz CT molecular complexity index is 382. The molecule has 1 aromatic carbocycles. The predicted molar refractivity (Wildman–Crippen MR) is 59.7 cm³/mol. The van der Waals surface area contributed by atoms with Crippen molar-refractivity contribution >= 4 is 0 Å². The van der Waals surface area contributed by atoms with E-state index in [1.807, 2.05) is 18.2 Å². The average molecular weight is 203 g/mol. The van der Waals surface area contributed by atoms with Crippen molar-refractivity contribution in [2.45, 2.75) is 37.8 Å². The fraction of sp³-hybridized carbons (Fsp3) is 0.538. The molecule has 0 saturated heterocycles. The van der Waals surface area contributed by atoms with Crippen LogP contribution in [0.1, 0.15) is 37.8 Å². The molecule has 0 unspecified atom stereocenters. The van der Waals surface area contributed by atoms with Crippen LogP contribution in [0.25, 0.3) is 0 Å². The topological polar surface area (TPSA) is 35.2 Å². The Hall–Kier alpha value is -1.02. The van der Waals surface area contributed by atoms with Crippen molar-refractivity contribution in [3.63, 3.8) is 0 Å². The number of rotatable bonds is 0. The number of ether oxygens (including phenoxy) is 1. The molecule has 0 amide bonds. The van der Waals surface area contributed by atoms with Crippen molar-refractivity contribution in [3.05, 3.63) is 29.8 Å². The summed E-state index contributed by atoms with van der Waals surface area (Å²) < 4.78 is 6.12. The number of fused-ring (bicyclic) bond motifs is 1. The highest BCUT2D eigenvalue weighted by molar-refractivity contribution is 5.39. The molecule has 15 heavy (non-hydrogen) atoms. The van der Waals surface area contributed by atoms with E-state index in [4.69, 9.17) is 10.5 Å². The first-order chi connectivity index (χ1) is 7.19. The van der Waals surface area contributed by atoms with Gasteiger partial charge in [-0.1, -0.05) is 25.1 Å². The van der Waals surface area contributed by atoms with E-state index in [0.29, 0.717) is 0 Å². The Balaban J connectivity index is 1.93. The van der Waals surface area contributed by atoms with Gasteiger partial charge in [-0.05, 0) is 24.8 Å². The Morgan fingerprint density at radius 2 is 2.00 bits per heavy atom. The Labute approximate surface area is 90.4 Å². The standard InChI is InChI=1S/C13H17NO/c1-9-6-13(7-9)8-11(14)10-4-2-3-5-12(10)15-13/h2-5,9,11H,6-8,14H2,1H3/t9?,11-,13?/m0/s1. The van der Waals surface area contributed by atoms with Crippen LogP contribution in [0.5, 0.6) is 5.75 Å². The minimum absolute atomic E-state index is 0.0627. The summed E-state index contributed by atoms with van der Waals surface area (Å²) in [4.78, 5) is 0. The third-order valence-electron chi connectivity index (χ3n) is 3.68. The van der Waals surface area contributed by atoms with Gasteiger partial charge in [0.25, 0.3) is 0 Å². The van der Waals surface area contributed by atoms with E-state index in [1.54, 1.807) is 0 Å². The van der Waals surface area contributed by atoms with Gasteiger partial charge < -0.3 is 10.5 Å². The first-order valence-corrected chi connectivity index (χ1v) is 5.72. The van der Waals surface area contributed by atoms with Crippen LogP contribution in [-0.2, 0) is 0 Å². The lowest BCUT2D eigenvalue weighted by molar-refractivity contribution is -0.0657. The molecule has 1 aliphatic carbocycles. The second kappa shape index (κ2) is 2.99. The molecule has 0 radical (unpaired) electrons. The summed E-state index contributed by atoms with van der Waals surface area (Å²) in [6.45, 7) is 2.28. The molecule has 2 heteroatoms. The molecule has 1 atom stereocenters. The molecule has 1 aromatic rings. The second-order valence-electron chi connectivity index (χ2n) is 5.15. The molecular formula is C13H17NO. The molecule has 0 aromatic heterocycles. The number of benzene rings is 1. The van der Waals surface area contributed by atoms with Crippen LogP contribution >= 0.6 is 0 Å². The maximum atomic E-state index is 6.20. The third-order valence-corrected chi connectivity index (χ3v) is 3.68. The van der Waals surface area contributed by atoms with Gasteiger partial charge in [0.1, 0.15) is 11.4 Å². The normalized spacial score (nSPS) is 38.0. The number of hydrogen-bond donors (Lipinski definition) is 1. The van der Waals surface area contributed by atoms with E-state index in [0.717, 1.165) is 30.9 Å². The summed E-state index contributed by atoms with van der Waals surface area (Å²) in [5.41, 5.74) is 7.43. The summed E-state index contributed by atoms with van der Waals surface area (Å²) in [7, 11) is 0. The SMILES string of the molecule is CC1CC2(C1)C[C@H](N)c1ccccc1O2.